The second-order valence-corrected chi connectivity index (χ2v) is 6.42. The predicted octanol–water partition coefficient (Wildman–Crippen LogP) is 3.56. The van der Waals surface area contributed by atoms with Crippen LogP contribution in [0.5, 0.6) is 0 Å². The van der Waals surface area contributed by atoms with E-state index in [-0.39, 0.29) is 5.97 Å². The van der Waals surface area contributed by atoms with Crippen molar-refractivity contribution in [3.63, 3.8) is 0 Å². The summed E-state index contributed by atoms with van der Waals surface area (Å²) in [6.45, 7) is 7.51. The molecule has 1 aromatic rings. The number of ether oxygens (including phenoxy) is 1. The van der Waals surface area contributed by atoms with Gasteiger partial charge in [0.05, 0.1) is 11.9 Å². The van der Waals surface area contributed by atoms with Gasteiger partial charge in [-0.15, -0.1) is 11.8 Å². The zero-order valence-corrected chi connectivity index (χ0v) is 12.8. The number of esters is 1. The topological polar surface area (TPSA) is 46.5 Å². The molecule has 0 spiro atoms. The monoisotopic (exact) mass is 282 g/mol. The fraction of sp³-hybridized carbons (Fsp3) is 0.533. The quantitative estimate of drug-likeness (QED) is 0.662. The smallest absolute Gasteiger partial charge is 0.316 e. The van der Waals surface area contributed by atoms with Crippen molar-refractivity contribution < 1.29 is 14.6 Å². The summed E-state index contributed by atoms with van der Waals surface area (Å²) in [6, 6.07) is 7.63. The minimum Gasteiger partial charge on any atom is -0.459 e. The molecule has 1 rings (SSSR count). The van der Waals surface area contributed by atoms with Gasteiger partial charge in [0.15, 0.2) is 0 Å². The number of aliphatic hydroxyl groups excluding tert-OH is 1. The van der Waals surface area contributed by atoms with Crippen LogP contribution < -0.4 is 0 Å². The molecule has 106 valence electrons. The van der Waals surface area contributed by atoms with E-state index in [2.05, 4.69) is 0 Å². The number of rotatable bonds is 5. The molecular weight excluding hydrogens is 260 g/mol. The van der Waals surface area contributed by atoms with Crippen LogP contribution in [0.3, 0.4) is 0 Å². The number of hydrogen-bond acceptors (Lipinski definition) is 4. The molecular formula is C15H22O3S. The molecule has 4 heteroatoms. The summed E-state index contributed by atoms with van der Waals surface area (Å²) in [4.78, 5) is 12.6. The van der Waals surface area contributed by atoms with Gasteiger partial charge in [0.25, 0.3) is 0 Å². The standard InChI is InChI=1S/C15H22O3S/c1-5-13(16)11-6-8-12(9-7-11)19-10-14(17)18-15(2,3)4/h6-9,13,16H,5,10H2,1-4H3. The van der Waals surface area contributed by atoms with Crippen LogP contribution in [0.15, 0.2) is 29.2 Å². The van der Waals surface area contributed by atoms with Crippen LogP contribution in [0.2, 0.25) is 0 Å². The lowest BCUT2D eigenvalue weighted by Gasteiger charge is -2.19. The van der Waals surface area contributed by atoms with Crippen LogP contribution in [-0.2, 0) is 9.53 Å². The lowest BCUT2D eigenvalue weighted by atomic mass is 10.1. The van der Waals surface area contributed by atoms with E-state index in [0.29, 0.717) is 12.2 Å². The Hall–Kier alpha value is -1.00. The zero-order valence-electron chi connectivity index (χ0n) is 12.0. The first-order valence-corrected chi connectivity index (χ1v) is 7.43. The normalized spacial score (nSPS) is 13.1. The Kier molecular flexibility index (Phi) is 5.88. The van der Waals surface area contributed by atoms with E-state index in [4.69, 9.17) is 4.74 Å². The van der Waals surface area contributed by atoms with Crippen molar-refractivity contribution in [3.8, 4) is 0 Å². The molecule has 1 atom stereocenters. The van der Waals surface area contributed by atoms with E-state index in [1.807, 2.05) is 52.0 Å². The Morgan fingerprint density at radius 3 is 2.37 bits per heavy atom. The minimum absolute atomic E-state index is 0.213. The first kappa shape index (κ1) is 16.1. The Morgan fingerprint density at radius 2 is 1.89 bits per heavy atom. The first-order valence-electron chi connectivity index (χ1n) is 6.44. The summed E-state index contributed by atoms with van der Waals surface area (Å²) in [5.41, 5.74) is 0.469. The van der Waals surface area contributed by atoms with E-state index in [1.54, 1.807) is 0 Å². The maximum atomic E-state index is 11.6. The fourth-order valence-corrected chi connectivity index (χ4v) is 2.21. The summed E-state index contributed by atoms with van der Waals surface area (Å²) in [5.74, 6) is 0.0858. The highest BCUT2D eigenvalue weighted by atomic mass is 32.2. The van der Waals surface area contributed by atoms with E-state index in [9.17, 15) is 9.90 Å². The summed E-state index contributed by atoms with van der Waals surface area (Å²) in [6.07, 6.45) is 0.287. The molecule has 0 bridgehead atoms. The van der Waals surface area contributed by atoms with Gasteiger partial charge in [0.2, 0.25) is 0 Å². The van der Waals surface area contributed by atoms with E-state index in [1.165, 1.54) is 11.8 Å². The van der Waals surface area contributed by atoms with Crippen molar-refractivity contribution in [2.24, 2.45) is 0 Å². The molecule has 0 aliphatic rings. The van der Waals surface area contributed by atoms with Crippen molar-refractivity contribution >= 4 is 17.7 Å². The van der Waals surface area contributed by atoms with Crippen LogP contribution in [0, 0.1) is 0 Å². The zero-order chi connectivity index (χ0) is 14.5. The SMILES string of the molecule is CCC(O)c1ccc(SCC(=O)OC(C)(C)C)cc1. The number of thioether (sulfide) groups is 1. The highest BCUT2D eigenvalue weighted by molar-refractivity contribution is 8.00. The van der Waals surface area contributed by atoms with Crippen LogP contribution >= 0.6 is 11.8 Å². The first-order chi connectivity index (χ1) is 8.81. The number of hydrogen-bond donors (Lipinski definition) is 1. The van der Waals surface area contributed by atoms with Crippen LogP contribution in [0.4, 0.5) is 0 Å². The lowest BCUT2D eigenvalue weighted by molar-refractivity contribution is -0.151. The van der Waals surface area contributed by atoms with Gasteiger partial charge in [0.1, 0.15) is 5.60 Å². The summed E-state index contributed by atoms with van der Waals surface area (Å²) in [5, 5.41) is 9.68. The summed E-state index contributed by atoms with van der Waals surface area (Å²) >= 11 is 1.44. The minimum atomic E-state index is -0.438. The van der Waals surface area contributed by atoms with Gasteiger partial charge in [-0.3, -0.25) is 4.79 Å². The summed E-state index contributed by atoms with van der Waals surface area (Å²) in [7, 11) is 0. The molecule has 0 fully saturated rings. The van der Waals surface area contributed by atoms with Crippen molar-refractivity contribution in [1.82, 2.24) is 0 Å². The van der Waals surface area contributed by atoms with Gasteiger partial charge in [-0.2, -0.15) is 0 Å². The second-order valence-electron chi connectivity index (χ2n) is 5.37. The maximum Gasteiger partial charge on any atom is 0.316 e. The third-order valence-electron chi connectivity index (χ3n) is 2.43. The molecule has 0 aliphatic heterocycles. The molecule has 19 heavy (non-hydrogen) atoms. The molecule has 0 amide bonds. The predicted molar refractivity (Wildman–Crippen MR) is 78.3 cm³/mol. The molecule has 0 radical (unpaired) electrons. The van der Waals surface area contributed by atoms with Crippen molar-refractivity contribution in [3.05, 3.63) is 29.8 Å². The van der Waals surface area contributed by atoms with Gasteiger partial charge in [0, 0.05) is 4.90 Å². The van der Waals surface area contributed by atoms with Gasteiger partial charge in [-0.1, -0.05) is 19.1 Å². The van der Waals surface area contributed by atoms with Gasteiger partial charge >= 0.3 is 5.97 Å². The molecule has 0 saturated heterocycles. The molecule has 1 unspecified atom stereocenters. The number of carbonyl (C=O) groups excluding carboxylic acids is 1. The van der Waals surface area contributed by atoms with Crippen LogP contribution in [-0.4, -0.2) is 22.4 Å². The molecule has 1 N–H and O–H groups in total. The Bertz CT molecular complexity index is 406. The highest BCUT2D eigenvalue weighted by Gasteiger charge is 2.16. The maximum absolute atomic E-state index is 11.6. The van der Waals surface area contributed by atoms with Crippen LogP contribution in [0.25, 0.3) is 0 Å². The second kappa shape index (κ2) is 6.96. The van der Waals surface area contributed by atoms with Gasteiger partial charge < -0.3 is 9.84 Å². The molecule has 0 saturated carbocycles. The van der Waals surface area contributed by atoms with Crippen molar-refractivity contribution in [2.75, 3.05) is 5.75 Å². The Morgan fingerprint density at radius 1 is 1.32 bits per heavy atom. The average molecular weight is 282 g/mol. The Labute approximate surface area is 119 Å². The molecule has 1 aromatic carbocycles. The van der Waals surface area contributed by atoms with E-state index >= 15 is 0 Å². The number of benzene rings is 1. The van der Waals surface area contributed by atoms with Gasteiger partial charge in [-0.05, 0) is 44.9 Å². The largest absolute Gasteiger partial charge is 0.459 e. The third-order valence-corrected chi connectivity index (χ3v) is 3.41. The van der Waals surface area contributed by atoms with Gasteiger partial charge in [-0.25, -0.2) is 0 Å². The molecule has 0 aromatic heterocycles. The Balaban J connectivity index is 2.48. The third kappa shape index (κ3) is 6.12. The van der Waals surface area contributed by atoms with E-state index in [0.717, 1.165) is 10.5 Å². The number of aliphatic hydroxyl groups is 1. The van der Waals surface area contributed by atoms with Crippen molar-refractivity contribution in [1.29, 1.82) is 0 Å². The molecule has 3 nitrogen and oxygen atoms in total. The molecule has 0 aliphatic carbocycles. The van der Waals surface area contributed by atoms with Crippen molar-refractivity contribution in [2.45, 2.75) is 50.7 Å². The lowest BCUT2D eigenvalue weighted by Crippen LogP contribution is -2.24. The van der Waals surface area contributed by atoms with E-state index < -0.39 is 11.7 Å². The number of carbonyl (C=O) groups is 1. The molecule has 0 heterocycles. The average Bonchev–Trinajstić information content (AvgIpc) is 2.34. The van der Waals surface area contributed by atoms with Crippen LogP contribution in [0.1, 0.15) is 45.8 Å². The highest BCUT2D eigenvalue weighted by Crippen LogP contribution is 2.23. The summed E-state index contributed by atoms with van der Waals surface area (Å²) < 4.78 is 5.24. The fourth-order valence-electron chi connectivity index (χ4n) is 1.54.